The lowest BCUT2D eigenvalue weighted by Crippen LogP contribution is -1.81. The highest BCUT2D eigenvalue weighted by Crippen LogP contribution is 2.33. The average molecular weight is 286 g/mol. The fourth-order valence-electron chi connectivity index (χ4n) is 2.26. The summed E-state index contributed by atoms with van der Waals surface area (Å²) in [5.41, 5.74) is 0.536. The molecule has 0 spiro atoms. The van der Waals surface area contributed by atoms with Gasteiger partial charge in [0, 0.05) is 10.8 Å². The largest absolute Gasteiger partial charge is 0.337 e. The zero-order chi connectivity index (χ0) is 13.7. The fraction of sp³-hybridized carbons (Fsp3) is 0. The Kier molecular flexibility index (Phi) is 2.37. The molecule has 5 heteroatoms. The number of aromatic nitrogens is 2. The van der Waals surface area contributed by atoms with Gasteiger partial charge in [0.2, 0.25) is 0 Å². The van der Waals surface area contributed by atoms with Crippen LogP contribution in [0.2, 0.25) is 0 Å². The Morgan fingerprint density at radius 3 is 2.75 bits per heavy atom. The van der Waals surface area contributed by atoms with Gasteiger partial charge in [0.15, 0.2) is 5.82 Å². The van der Waals surface area contributed by atoms with Crippen LogP contribution >= 0.6 is 11.3 Å². The first-order valence-electron chi connectivity index (χ1n) is 6.04. The molecule has 4 rings (SSSR count). The predicted molar refractivity (Wildman–Crippen MR) is 76.8 cm³/mol. The van der Waals surface area contributed by atoms with Crippen LogP contribution in [0.25, 0.3) is 31.8 Å². The Morgan fingerprint density at radius 1 is 1.05 bits per heavy atom. The summed E-state index contributed by atoms with van der Waals surface area (Å²) < 4.78 is 28.0. The number of H-pyrrole nitrogens is 1. The van der Waals surface area contributed by atoms with Crippen LogP contribution in [0.3, 0.4) is 0 Å². The van der Waals surface area contributed by atoms with Gasteiger partial charge < -0.3 is 4.98 Å². The van der Waals surface area contributed by atoms with Crippen molar-refractivity contribution in [1.29, 1.82) is 0 Å². The summed E-state index contributed by atoms with van der Waals surface area (Å²) in [6.07, 6.45) is 0. The van der Waals surface area contributed by atoms with Crippen LogP contribution < -0.4 is 0 Å². The molecule has 98 valence electrons. The smallest absolute Gasteiger partial charge is 0.153 e. The molecule has 0 fully saturated rings. The molecule has 0 aliphatic heterocycles. The molecule has 2 heterocycles. The van der Waals surface area contributed by atoms with E-state index in [4.69, 9.17) is 0 Å². The predicted octanol–water partition coefficient (Wildman–Crippen LogP) is 4.72. The number of thiophene rings is 1. The molecule has 20 heavy (non-hydrogen) atoms. The number of aromatic amines is 1. The Morgan fingerprint density at radius 2 is 1.90 bits per heavy atom. The number of hydrogen-bond acceptors (Lipinski definition) is 2. The molecule has 0 saturated carbocycles. The molecule has 2 aromatic heterocycles. The van der Waals surface area contributed by atoms with Crippen molar-refractivity contribution in [3.8, 4) is 10.7 Å². The minimum atomic E-state index is -0.649. The van der Waals surface area contributed by atoms with Crippen molar-refractivity contribution in [2.24, 2.45) is 0 Å². The van der Waals surface area contributed by atoms with E-state index in [0.29, 0.717) is 11.3 Å². The number of nitrogens with zero attached hydrogens (tertiary/aromatic N) is 1. The second-order valence-electron chi connectivity index (χ2n) is 4.52. The average Bonchev–Trinajstić information content (AvgIpc) is 3.01. The van der Waals surface area contributed by atoms with Gasteiger partial charge in [-0.3, -0.25) is 0 Å². The topological polar surface area (TPSA) is 28.7 Å². The first-order chi connectivity index (χ1) is 9.70. The number of hydrogen-bond donors (Lipinski definition) is 1. The van der Waals surface area contributed by atoms with Crippen LogP contribution in [0.4, 0.5) is 8.78 Å². The third-order valence-corrected chi connectivity index (χ3v) is 4.29. The minimum absolute atomic E-state index is 0.166. The highest BCUT2D eigenvalue weighted by Gasteiger charge is 2.12. The van der Waals surface area contributed by atoms with Crippen LogP contribution in [0.1, 0.15) is 0 Å². The standard InChI is InChI=1S/C15H8F2N2S/c16-9-6-10(17)14-11(7-9)18-15(19-14)13-5-8-3-1-2-4-12(8)20-13/h1-7H,(H,18,19). The third-order valence-electron chi connectivity index (χ3n) is 3.16. The minimum Gasteiger partial charge on any atom is -0.337 e. The summed E-state index contributed by atoms with van der Waals surface area (Å²) in [6, 6.07) is 12.1. The van der Waals surface area contributed by atoms with Gasteiger partial charge in [-0.1, -0.05) is 18.2 Å². The molecule has 2 aromatic carbocycles. The Balaban J connectivity index is 1.95. The van der Waals surface area contributed by atoms with Crippen molar-refractivity contribution < 1.29 is 8.78 Å². The maximum Gasteiger partial charge on any atom is 0.153 e. The van der Waals surface area contributed by atoms with E-state index >= 15 is 0 Å². The molecule has 0 atom stereocenters. The van der Waals surface area contributed by atoms with Gasteiger partial charge in [-0.25, -0.2) is 13.8 Å². The molecule has 0 unspecified atom stereocenters. The van der Waals surface area contributed by atoms with E-state index in [0.717, 1.165) is 21.0 Å². The van der Waals surface area contributed by atoms with E-state index in [1.165, 1.54) is 6.07 Å². The lowest BCUT2D eigenvalue weighted by atomic mass is 10.2. The second-order valence-corrected chi connectivity index (χ2v) is 5.60. The van der Waals surface area contributed by atoms with Crippen LogP contribution in [0.15, 0.2) is 42.5 Å². The number of imidazole rings is 1. The lowest BCUT2D eigenvalue weighted by Gasteiger charge is -1.90. The maximum absolute atomic E-state index is 13.7. The Hall–Kier alpha value is -2.27. The fourth-order valence-corrected chi connectivity index (χ4v) is 3.27. The highest BCUT2D eigenvalue weighted by molar-refractivity contribution is 7.22. The molecular formula is C15H8F2N2S. The van der Waals surface area contributed by atoms with Gasteiger partial charge in [-0.2, -0.15) is 0 Å². The summed E-state index contributed by atoms with van der Waals surface area (Å²) in [4.78, 5) is 8.11. The van der Waals surface area contributed by atoms with Crippen LogP contribution in [0, 0.1) is 11.6 Å². The van der Waals surface area contributed by atoms with E-state index in [1.807, 2.05) is 30.3 Å². The summed E-state index contributed by atoms with van der Waals surface area (Å²) >= 11 is 1.57. The van der Waals surface area contributed by atoms with E-state index < -0.39 is 11.6 Å². The number of fused-ring (bicyclic) bond motifs is 2. The van der Waals surface area contributed by atoms with Crippen molar-refractivity contribution >= 4 is 32.5 Å². The van der Waals surface area contributed by atoms with Crippen molar-refractivity contribution in [3.05, 3.63) is 54.1 Å². The first kappa shape index (κ1) is 11.5. The first-order valence-corrected chi connectivity index (χ1v) is 6.86. The highest BCUT2D eigenvalue weighted by atomic mass is 32.1. The van der Waals surface area contributed by atoms with E-state index in [-0.39, 0.29) is 5.52 Å². The molecule has 0 aliphatic carbocycles. The van der Waals surface area contributed by atoms with E-state index in [9.17, 15) is 8.78 Å². The molecule has 0 saturated heterocycles. The Bertz CT molecular complexity index is 907. The van der Waals surface area contributed by atoms with Gasteiger partial charge in [-0.05, 0) is 23.6 Å². The maximum atomic E-state index is 13.7. The normalized spacial score (nSPS) is 11.5. The molecule has 1 N–H and O–H groups in total. The van der Waals surface area contributed by atoms with Crippen LogP contribution in [-0.2, 0) is 0 Å². The van der Waals surface area contributed by atoms with E-state index in [1.54, 1.807) is 11.3 Å². The molecule has 0 aliphatic rings. The molecule has 2 nitrogen and oxygen atoms in total. The second kappa shape index (κ2) is 4.11. The number of nitrogens with one attached hydrogen (secondary N) is 1. The van der Waals surface area contributed by atoms with Gasteiger partial charge in [0.1, 0.15) is 17.2 Å². The summed E-state index contributed by atoms with van der Waals surface area (Å²) in [5.74, 6) is -0.698. The van der Waals surface area contributed by atoms with Gasteiger partial charge in [-0.15, -0.1) is 11.3 Å². The zero-order valence-electron chi connectivity index (χ0n) is 10.2. The van der Waals surface area contributed by atoms with Crippen LogP contribution in [-0.4, -0.2) is 9.97 Å². The van der Waals surface area contributed by atoms with E-state index in [2.05, 4.69) is 9.97 Å². The molecule has 4 aromatic rings. The number of rotatable bonds is 1. The van der Waals surface area contributed by atoms with Crippen LogP contribution in [0.5, 0.6) is 0 Å². The van der Waals surface area contributed by atoms with Gasteiger partial charge >= 0.3 is 0 Å². The quantitative estimate of drug-likeness (QED) is 0.538. The SMILES string of the molecule is Fc1cc(F)c2nc(-c3cc4ccccc4s3)[nH]c2c1. The van der Waals surface area contributed by atoms with Gasteiger partial charge in [0.05, 0.1) is 10.4 Å². The van der Waals surface area contributed by atoms with Crippen molar-refractivity contribution in [2.45, 2.75) is 0 Å². The zero-order valence-corrected chi connectivity index (χ0v) is 11.0. The molecule has 0 amide bonds. The number of benzene rings is 2. The monoisotopic (exact) mass is 286 g/mol. The summed E-state index contributed by atoms with van der Waals surface area (Å²) in [5, 5.41) is 1.11. The summed E-state index contributed by atoms with van der Waals surface area (Å²) in [6.45, 7) is 0. The molecule has 0 radical (unpaired) electrons. The Labute approximate surface area is 116 Å². The van der Waals surface area contributed by atoms with Crippen molar-refractivity contribution in [3.63, 3.8) is 0 Å². The molecular weight excluding hydrogens is 278 g/mol. The third kappa shape index (κ3) is 1.71. The van der Waals surface area contributed by atoms with Crippen molar-refractivity contribution in [1.82, 2.24) is 9.97 Å². The summed E-state index contributed by atoms with van der Waals surface area (Å²) in [7, 11) is 0. The van der Waals surface area contributed by atoms with Gasteiger partial charge in [0.25, 0.3) is 0 Å². The lowest BCUT2D eigenvalue weighted by molar-refractivity contribution is 0.591. The number of halogens is 2. The molecule has 0 bridgehead atoms. The van der Waals surface area contributed by atoms with Crippen molar-refractivity contribution in [2.75, 3.05) is 0 Å².